The van der Waals surface area contributed by atoms with Crippen LogP contribution in [0.2, 0.25) is 5.02 Å². The van der Waals surface area contributed by atoms with Crippen LogP contribution in [-0.4, -0.2) is 4.98 Å². The maximum absolute atomic E-state index is 6.12. The van der Waals surface area contributed by atoms with E-state index in [-0.39, 0.29) is 0 Å². The highest BCUT2D eigenvalue weighted by Gasteiger charge is 2.08. The molecule has 1 heterocycles. The maximum atomic E-state index is 6.12. The SMILES string of the molecule is Cc1csc(COc2c(Cl)cccc2CBr)n1. The van der Waals surface area contributed by atoms with E-state index in [0.717, 1.165) is 27.3 Å². The van der Waals surface area contributed by atoms with E-state index in [9.17, 15) is 0 Å². The first-order chi connectivity index (χ1) is 8.20. The third kappa shape index (κ3) is 3.21. The van der Waals surface area contributed by atoms with E-state index in [4.69, 9.17) is 16.3 Å². The van der Waals surface area contributed by atoms with Gasteiger partial charge in [-0.25, -0.2) is 4.98 Å². The van der Waals surface area contributed by atoms with Crippen molar-refractivity contribution in [3.8, 4) is 5.75 Å². The summed E-state index contributed by atoms with van der Waals surface area (Å²) in [5, 5.41) is 4.33. The molecule has 0 fully saturated rings. The van der Waals surface area contributed by atoms with Crippen LogP contribution in [-0.2, 0) is 11.9 Å². The molecular weight excluding hydrogens is 322 g/mol. The molecule has 2 rings (SSSR count). The second-order valence-electron chi connectivity index (χ2n) is 3.53. The zero-order valence-corrected chi connectivity index (χ0v) is 12.4. The molecule has 0 aliphatic rings. The Morgan fingerprint density at radius 2 is 2.29 bits per heavy atom. The minimum atomic E-state index is 0.461. The molecule has 2 aromatic rings. The molecule has 0 radical (unpaired) electrons. The first-order valence-corrected chi connectivity index (χ1v) is 7.45. The van der Waals surface area contributed by atoms with Crippen LogP contribution in [0.4, 0.5) is 0 Å². The van der Waals surface area contributed by atoms with Gasteiger partial charge < -0.3 is 4.74 Å². The molecule has 17 heavy (non-hydrogen) atoms. The lowest BCUT2D eigenvalue weighted by Gasteiger charge is -2.10. The van der Waals surface area contributed by atoms with Gasteiger partial charge in [0.15, 0.2) is 0 Å². The summed E-state index contributed by atoms with van der Waals surface area (Å²) in [6.07, 6.45) is 0. The van der Waals surface area contributed by atoms with Gasteiger partial charge in [-0.1, -0.05) is 39.7 Å². The van der Waals surface area contributed by atoms with E-state index in [2.05, 4.69) is 20.9 Å². The van der Waals surface area contributed by atoms with Gasteiger partial charge in [0.1, 0.15) is 17.4 Å². The lowest BCUT2D eigenvalue weighted by Crippen LogP contribution is -1.98. The molecule has 0 N–H and O–H groups in total. The fraction of sp³-hybridized carbons (Fsp3) is 0.250. The predicted octanol–water partition coefficient (Wildman–Crippen LogP) is 4.58. The number of alkyl halides is 1. The van der Waals surface area contributed by atoms with Crippen molar-refractivity contribution < 1.29 is 4.74 Å². The monoisotopic (exact) mass is 331 g/mol. The number of hydrogen-bond acceptors (Lipinski definition) is 3. The highest BCUT2D eigenvalue weighted by molar-refractivity contribution is 9.08. The maximum Gasteiger partial charge on any atom is 0.142 e. The number of ether oxygens (including phenoxy) is 1. The standard InChI is InChI=1S/C12H11BrClNOS/c1-8-7-17-11(15-8)6-16-12-9(5-13)3-2-4-10(12)14/h2-4,7H,5-6H2,1H3. The number of thiazole rings is 1. The van der Waals surface area contributed by atoms with Crippen molar-refractivity contribution in [2.75, 3.05) is 0 Å². The molecule has 5 heteroatoms. The van der Waals surface area contributed by atoms with Gasteiger partial charge in [-0.2, -0.15) is 0 Å². The van der Waals surface area contributed by atoms with Gasteiger partial charge >= 0.3 is 0 Å². The Labute approximate surface area is 118 Å². The average Bonchev–Trinajstić information content (AvgIpc) is 2.73. The molecular formula is C12H11BrClNOS. The summed E-state index contributed by atoms with van der Waals surface area (Å²) in [7, 11) is 0. The van der Waals surface area contributed by atoms with Crippen molar-refractivity contribution in [3.05, 3.63) is 44.9 Å². The van der Waals surface area contributed by atoms with E-state index < -0.39 is 0 Å². The van der Waals surface area contributed by atoms with Crippen LogP contribution in [0.3, 0.4) is 0 Å². The highest BCUT2D eigenvalue weighted by Crippen LogP contribution is 2.31. The summed E-state index contributed by atoms with van der Waals surface area (Å²) in [6.45, 7) is 2.43. The fourth-order valence-electron chi connectivity index (χ4n) is 1.42. The molecule has 0 unspecified atom stereocenters. The first-order valence-electron chi connectivity index (χ1n) is 5.08. The Bertz CT molecular complexity index is 515. The molecule has 0 spiro atoms. The summed E-state index contributed by atoms with van der Waals surface area (Å²) in [4.78, 5) is 4.35. The van der Waals surface area contributed by atoms with Crippen molar-refractivity contribution in [1.29, 1.82) is 0 Å². The van der Waals surface area contributed by atoms with Crippen LogP contribution in [0, 0.1) is 6.92 Å². The van der Waals surface area contributed by atoms with Crippen LogP contribution in [0.1, 0.15) is 16.3 Å². The van der Waals surface area contributed by atoms with E-state index in [1.165, 1.54) is 0 Å². The van der Waals surface area contributed by atoms with Gasteiger partial charge in [-0.3, -0.25) is 0 Å². The Morgan fingerprint density at radius 3 is 2.94 bits per heavy atom. The van der Waals surface area contributed by atoms with Gasteiger partial charge in [0.2, 0.25) is 0 Å². The van der Waals surface area contributed by atoms with Crippen molar-refractivity contribution in [2.24, 2.45) is 0 Å². The molecule has 0 atom stereocenters. The van der Waals surface area contributed by atoms with E-state index in [1.54, 1.807) is 11.3 Å². The quantitative estimate of drug-likeness (QED) is 0.765. The fourth-order valence-corrected chi connectivity index (χ4v) is 2.80. The zero-order valence-electron chi connectivity index (χ0n) is 9.24. The minimum Gasteiger partial charge on any atom is -0.485 e. The summed E-state index contributed by atoms with van der Waals surface area (Å²) >= 11 is 11.1. The van der Waals surface area contributed by atoms with Crippen LogP contribution in [0.25, 0.3) is 0 Å². The highest BCUT2D eigenvalue weighted by atomic mass is 79.9. The Morgan fingerprint density at radius 1 is 1.47 bits per heavy atom. The lowest BCUT2D eigenvalue weighted by atomic mass is 10.2. The molecule has 0 aliphatic heterocycles. The molecule has 0 saturated carbocycles. The number of nitrogens with zero attached hydrogens (tertiary/aromatic N) is 1. The summed E-state index contributed by atoms with van der Waals surface area (Å²) in [5.74, 6) is 0.735. The average molecular weight is 333 g/mol. The van der Waals surface area contributed by atoms with Gasteiger partial charge in [-0.15, -0.1) is 11.3 Å². The number of hydrogen-bond donors (Lipinski definition) is 0. The number of aryl methyl sites for hydroxylation is 1. The van der Waals surface area contributed by atoms with Crippen LogP contribution < -0.4 is 4.74 Å². The predicted molar refractivity (Wildman–Crippen MR) is 75.3 cm³/mol. The molecule has 1 aromatic heterocycles. The topological polar surface area (TPSA) is 22.1 Å². The lowest BCUT2D eigenvalue weighted by molar-refractivity contribution is 0.303. The van der Waals surface area contributed by atoms with E-state index in [0.29, 0.717) is 11.6 Å². The molecule has 0 amide bonds. The first kappa shape index (κ1) is 12.9. The second kappa shape index (κ2) is 5.85. The normalized spacial score (nSPS) is 10.5. The van der Waals surface area contributed by atoms with Gasteiger partial charge in [0.25, 0.3) is 0 Å². The van der Waals surface area contributed by atoms with E-state index in [1.807, 2.05) is 30.5 Å². The zero-order chi connectivity index (χ0) is 12.3. The third-order valence-corrected chi connectivity index (χ3v) is 4.04. The van der Waals surface area contributed by atoms with Crippen LogP contribution >= 0.6 is 38.9 Å². The largest absolute Gasteiger partial charge is 0.485 e. The van der Waals surface area contributed by atoms with Gasteiger partial charge in [0.05, 0.1) is 5.02 Å². The summed E-state index contributed by atoms with van der Waals surface area (Å²) in [6, 6.07) is 5.73. The number of rotatable bonds is 4. The van der Waals surface area contributed by atoms with Gasteiger partial charge in [-0.05, 0) is 13.0 Å². The smallest absolute Gasteiger partial charge is 0.142 e. The number of para-hydroxylation sites is 1. The molecule has 90 valence electrons. The number of aromatic nitrogens is 1. The number of halogens is 2. The van der Waals surface area contributed by atoms with Crippen LogP contribution in [0.15, 0.2) is 23.6 Å². The van der Waals surface area contributed by atoms with Crippen molar-refractivity contribution in [2.45, 2.75) is 18.9 Å². The summed E-state index contributed by atoms with van der Waals surface area (Å²) in [5.41, 5.74) is 2.07. The Balaban J connectivity index is 2.13. The summed E-state index contributed by atoms with van der Waals surface area (Å²) < 4.78 is 5.74. The molecule has 0 aliphatic carbocycles. The molecule has 0 bridgehead atoms. The Kier molecular flexibility index (Phi) is 4.42. The molecule has 1 aromatic carbocycles. The van der Waals surface area contributed by atoms with E-state index >= 15 is 0 Å². The number of benzene rings is 1. The van der Waals surface area contributed by atoms with Crippen molar-refractivity contribution >= 4 is 38.9 Å². The molecule has 0 saturated heterocycles. The molecule has 2 nitrogen and oxygen atoms in total. The van der Waals surface area contributed by atoms with Crippen molar-refractivity contribution in [1.82, 2.24) is 4.98 Å². The third-order valence-electron chi connectivity index (χ3n) is 2.20. The second-order valence-corrected chi connectivity index (χ2v) is 5.44. The Hall–Kier alpha value is -0.580. The minimum absolute atomic E-state index is 0.461. The van der Waals surface area contributed by atoms with Crippen molar-refractivity contribution in [3.63, 3.8) is 0 Å². The van der Waals surface area contributed by atoms with Crippen LogP contribution in [0.5, 0.6) is 5.75 Å². The van der Waals surface area contributed by atoms with Gasteiger partial charge in [0, 0.05) is 22.0 Å².